The van der Waals surface area contributed by atoms with Gasteiger partial charge in [0.2, 0.25) is 0 Å². The van der Waals surface area contributed by atoms with Crippen molar-refractivity contribution < 1.29 is 0 Å². The molecule has 0 aliphatic carbocycles. The van der Waals surface area contributed by atoms with E-state index in [1.807, 2.05) is 0 Å². The molecule has 0 aromatic carbocycles. The molecule has 0 atom stereocenters. The van der Waals surface area contributed by atoms with Crippen LogP contribution in [0, 0.1) is 0 Å². The van der Waals surface area contributed by atoms with Crippen molar-refractivity contribution in [2.24, 2.45) is 0 Å². The van der Waals surface area contributed by atoms with Crippen molar-refractivity contribution in [1.82, 2.24) is 24.5 Å². The van der Waals surface area contributed by atoms with Crippen LogP contribution in [-0.4, -0.2) is 123 Å². The van der Waals surface area contributed by atoms with Gasteiger partial charge in [0, 0.05) is 65.4 Å². The Morgan fingerprint density at radius 3 is 0.684 bits per heavy atom. The van der Waals surface area contributed by atoms with Gasteiger partial charge < -0.3 is 14.7 Å². The summed E-state index contributed by atoms with van der Waals surface area (Å²) in [5, 5.41) is 0. The lowest BCUT2D eigenvalue weighted by molar-refractivity contribution is 0.104. The fraction of sp³-hybridized carbons (Fsp3) is 1.00. The largest absolute Gasteiger partial charge is 0.302 e. The third-order valence-electron chi connectivity index (χ3n) is 13.3. The van der Waals surface area contributed by atoms with E-state index in [0.717, 1.165) is 0 Å². The van der Waals surface area contributed by atoms with Gasteiger partial charge in [0.05, 0.1) is 0 Å². The van der Waals surface area contributed by atoms with Crippen molar-refractivity contribution in [1.29, 1.82) is 0 Å². The zero-order valence-electron chi connectivity index (χ0n) is 40.5. The van der Waals surface area contributed by atoms with Gasteiger partial charge in [0.1, 0.15) is 0 Å². The Labute approximate surface area is 361 Å². The molecule has 1 heterocycles. The van der Waals surface area contributed by atoms with Gasteiger partial charge in [-0.05, 0) is 64.8 Å². The average Bonchev–Trinajstić information content (AvgIpc) is 3.23. The molecular formula is C52H109N5. The van der Waals surface area contributed by atoms with Crippen molar-refractivity contribution in [2.75, 3.05) is 98.2 Å². The normalized spacial score (nSPS) is 14.3. The molecule has 1 rings (SSSR count). The Morgan fingerprint density at radius 1 is 0.228 bits per heavy atom. The highest BCUT2D eigenvalue weighted by molar-refractivity contribution is 4.75. The van der Waals surface area contributed by atoms with Gasteiger partial charge in [-0.2, -0.15) is 0 Å². The molecule has 0 amide bonds. The first-order chi connectivity index (χ1) is 28.2. The fourth-order valence-electron chi connectivity index (χ4n) is 9.02. The van der Waals surface area contributed by atoms with Crippen LogP contribution in [-0.2, 0) is 0 Å². The summed E-state index contributed by atoms with van der Waals surface area (Å²) in [6.07, 6.45) is 45.4. The van der Waals surface area contributed by atoms with E-state index in [9.17, 15) is 0 Å². The second-order valence-electron chi connectivity index (χ2n) is 18.8. The van der Waals surface area contributed by atoms with Gasteiger partial charge >= 0.3 is 0 Å². The number of piperazine rings is 1. The molecule has 0 bridgehead atoms. The lowest BCUT2D eigenvalue weighted by Crippen LogP contribution is -2.50. The Hall–Kier alpha value is -0.200. The van der Waals surface area contributed by atoms with Gasteiger partial charge in [0.15, 0.2) is 0 Å². The van der Waals surface area contributed by atoms with Gasteiger partial charge in [0.25, 0.3) is 0 Å². The number of hydrogen-bond donors (Lipinski definition) is 0. The summed E-state index contributed by atoms with van der Waals surface area (Å²) in [4.78, 5) is 14.2. The molecule has 57 heavy (non-hydrogen) atoms. The summed E-state index contributed by atoms with van der Waals surface area (Å²) in [7, 11) is 0. The quantitative estimate of drug-likeness (QED) is 0.0568. The molecule has 0 N–H and O–H groups in total. The van der Waals surface area contributed by atoms with Crippen molar-refractivity contribution >= 4 is 0 Å². The van der Waals surface area contributed by atoms with Gasteiger partial charge in [-0.3, -0.25) is 9.80 Å². The molecule has 0 saturated carbocycles. The molecule has 342 valence electrons. The van der Waals surface area contributed by atoms with E-state index in [2.05, 4.69) is 59.1 Å². The predicted molar refractivity (Wildman–Crippen MR) is 258 cm³/mol. The van der Waals surface area contributed by atoms with E-state index in [4.69, 9.17) is 0 Å². The zero-order chi connectivity index (χ0) is 41.1. The minimum atomic E-state index is 1.26. The van der Waals surface area contributed by atoms with E-state index >= 15 is 0 Å². The van der Waals surface area contributed by atoms with Crippen LogP contribution < -0.4 is 0 Å². The Morgan fingerprint density at radius 2 is 0.421 bits per heavy atom. The van der Waals surface area contributed by atoms with E-state index in [1.54, 1.807) is 0 Å². The van der Waals surface area contributed by atoms with Crippen molar-refractivity contribution in [3.8, 4) is 0 Å². The molecule has 0 unspecified atom stereocenters. The predicted octanol–water partition coefficient (Wildman–Crippen LogP) is 14.1. The molecule has 5 nitrogen and oxygen atoms in total. The molecule has 1 fully saturated rings. The summed E-state index contributed by atoms with van der Waals surface area (Å²) >= 11 is 0. The van der Waals surface area contributed by atoms with Crippen molar-refractivity contribution in [3.05, 3.63) is 0 Å². The highest BCUT2D eigenvalue weighted by Gasteiger charge is 2.19. The van der Waals surface area contributed by atoms with Crippen LogP contribution in [0.25, 0.3) is 0 Å². The van der Waals surface area contributed by atoms with Gasteiger partial charge in [-0.25, -0.2) is 0 Å². The molecular weight excluding hydrogens is 695 g/mol. The highest BCUT2D eigenvalue weighted by atomic mass is 15.3. The smallest absolute Gasteiger partial charge is 0.0110 e. The van der Waals surface area contributed by atoms with Crippen molar-refractivity contribution in [3.63, 3.8) is 0 Å². The Kier molecular flexibility index (Phi) is 42.2. The first kappa shape index (κ1) is 54.8. The lowest BCUT2D eigenvalue weighted by atomic mass is 10.1. The third-order valence-corrected chi connectivity index (χ3v) is 13.3. The molecule has 5 heteroatoms. The van der Waals surface area contributed by atoms with Crippen LogP contribution in [0.2, 0.25) is 0 Å². The van der Waals surface area contributed by atoms with Crippen LogP contribution in [0.4, 0.5) is 0 Å². The van der Waals surface area contributed by atoms with Crippen LogP contribution in [0.5, 0.6) is 0 Å². The van der Waals surface area contributed by atoms with Crippen LogP contribution in [0.1, 0.15) is 240 Å². The Balaban J connectivity index is 2.51. The second-order valence-corrected chi connectivity index (χ2v) is 18.8. The molecule has 0 aromatic heterocycles. The summed E-state index contributed by atoms with van der Waals surface area (Å²) in [6.45, 7) is 31.0. The van der Waals surface area contributed by atoms with Gasteiger partial charge in [-0.1, -0.05) is 208 Å². The monoisotopic (exact) mass is 804 g/mol. The maximum Gasteiger partial charge on any atom is 0.0110 e. The topological polar surface area (TPSA) is 16.2 Å². The third kappa shape index (κ3) is 36.2. The van der Waals surface area contributed by atoms with E-state index < -0.39 is 0 Å². The van der Waals surface area contributed by atoms with Crippen molar-refractivity contribution in [2.45, 2.75) is 240 Å². The average molecular weight is 804 g/mol. The summed E-state index contributed by atoms with van der Waals surface area (Å²) in [6, 6.07) is 0. The van der Waals surface area contributed by atoms with Crippen LogP contribution in [0.3, 0.4) is 0 Å². The number of rotatable bonds is 46. The number of hydrogen-bond acceptors (Lipinski definition) is 5. The second kappa shape index (κ2) is 43.9. The lowest BCUT2D eigenvalue weighted by Gasteiger charge is -2.37. The maximum atomic E-state index is 2.87. The summed E-state index contributed by atoms with van der Waals surface area (Å²) in [5.74, 6) is 0. The fourth-order valence-corrected chi connectivity index (χ4v) is 9.02. The highest BCUT2D eigenvalue weighted by Crippen LogP contribution is 2.14. The first-order valence-corrected chi connectivity index (χ1v) is 26.8. The molecule has 1 aliphatic heterocycles. The number of nitrogens with zero attached hydrogens (tertiary/aromatic N) is 5. The molecule has 1 saturated heterocycles. The van der Waals surface area contributed by atoms with Gasteiger partial charge in [-0.15, -0.1) is 0 Å². The summed E-state index contributed by atoms with van der Waals surface area (Å²) < 4.78 is 0. The zero-order valence-corrected chi connectivity index (χ0v) is 40.5. The molecule has 0 radical (unpaired) electrons. The number of unbranched alkanes of at least 4 members (excludes halogenated alkanes) is 27. The standard InChI is InChI=1S/C52H109N5/c1-6-11-16-21-23-25-27-29-31-36-40-54(41-37-32-30-28-26-24-22-17-12-7-2)44-47-56-49-51-57(52-50-56)48-46-55(42-35-20-15-10-5)45-43-53(38-33-18-13-8-3)39-34-19-14-9-4/h6-52H2,1-5H3. The van der Waals surface area contributed by atoms with E-state index in [-0.39, 0.29) is 0 Å². The molecule has 1 aliphatic rings. The minimum Gasteiger partial charge on any atom is -0.302 e. The Bertz CT molecular complexity index is 719. The molecule has 0 aromatic rings. The van der Waals surface area contributed by atoms with Crippen LogP contribution >= 0.6 is 0 Å². The van der Waals surface area contributed by atoms with E-state index in [0.29, 0.717) is 0 Å². The maximum absolute atomic E-state index is 2.87. The summed E-state index contributed by atoms with van der Waals surface area (Å²) in [5.41, 5.74) is 0. The van der Waals surface area contributed by atoms with E-state index in [1.165, 1.54) is 304 Å². The molecule has 0 spiro atoms. The minimum absolute atomic E-state index is 1.26. The first-order valence-electron chi connectivity index (χ1n) is 26.8. The van der Waals surface area contributed by atoms with Crippen LogP contribution in [0.15, 0.2) is 0 Å². The SMILES string of the molecule is CCCCCCCCCCCCN(CCCCCCCCCCCC)CCN1CCN(CCN(CCCCCC)CCN(CCCCCC)CCCCCC)CC1.